The fourth-order valence-corrected chi connectivity index (χ4v) is 1.89. The molecule has 4 N–H and O–H groups in total. The van der Waals surface area contributed by atoms with Crippen molar-refractivity contribution >= 4 is 23.7 Å². The average molecular weight is 336 g/mol. The van der Waals surface area contributed by atoms with E-state index < -0.39 is 36.3 Å². The molecule has 0 aliphatic heterocycles. The van der Waals surface area contributed by atoms with Crippen LogP contribution in [-0.4, -0.2) is 57.8 Å². The molecular weight excluding hydrogens is 316 g/mol. The summed E-state index contributed by atoms with van der Waals surface area (Å²) >= 11 is 0. The van der Waals surface area contributed by atoms with Crippen molar-refractivity contribution < 1.29 is 24.3 Å². The zero-order valence-electron chi connectivity index (χ0n) is 13.4. The number of carbonyl (C=O) groups excluding carboxylic acids is 3. The van der Waals surface area contributed by atoms with E-state index in [1.54, 1.807) is 24.5 Å². The van der Waals surface area contributed by atoms with E-state index in [0.29, 0.717) is 0 Å². The summed E-state index contributed by atoms with van der Waals surface area (Å²) in [6.07, 6.45) is 2.67. The maximum Gasteiger partial charge on any atom is 0.326 e. The summed E-state index contributed by atoms with van der Waals surface area (Å²) < 4.78 is 0. The number of nitrogens with two attached hydrogens (primary N) is 1. The topological polar surface area (TPSA) is 143 Å². The van der Waals surface area contributed by atoms with Crippen LogP contribution < -0.4 is 11.1 Å². The highest BCUT2D eigenvalue weighted by Crippen LogP contribution is 2.05. The maximum absolute atomic E-state index is 12.2. The first-order valence-electron chi connectivity index (χ1n) is 7.18. The molecule has 1 aromatic heterocycles. The van der Waals surface area contributed by atoms with Gasteiger partial charge in [-0.2, -0.15) is 0 Å². The van der Waals surface area contributed by atoms with Crippen LogP contribution in [0.15, 0.2) is 24.5 Å². The Morgan fingerprint density at radius 2 is 1.88 bits per heavy atom. The predicted octanol–water partition coefficient (Wildman–Crippen LogP) is -1.08. The van der Waals surface area contributed by atoms with Gasteiger partial charge in [0.15, 0.2) is 0 Å². The number of hydrogen-bond donors (Lipinski definition) is 3. The molecule has 0 spiro atoms. The van der Waals surface area contributed by atoms with Crippen LogP contribution in [0.5, 0.6) is 0 Å². The number of carboxylic acid groups (broad SMARTS) is 1. The van der Waals surface area contributed by atoms with Crippen molar-refractivity contribution in [1.29, 1.82) is 0 Å². The van der Waals surface area contributed by atoms with Gasteiger partial charge in [0.2, 0.25) is 17.7 Å². The summed E-state index contributed by atoms with van der Waals surface area (Å²) in [5.41, 5.74) is 5.70. The van der Waals surface area contributed by atoms with Crippen LogP contribution in [-0.2, 0) is 25.6 Å². The normalized spacial score (nSPS) is 12.8. The summed E-state index contributed by atoms with van der Waals surface area (Å²) in [5, 5.41) is 11.2. The number of nitrogens with zero attached hydrogens (tertiary/aromatic N) is 2. The van der Waals surface area contributed by atoms with E-state index >= 15 is 0 Å². The molecule has 9 heteroatoms. The molecule has 0 unspecified atom stereocenters. The number of rotatable bonds is 8. The second kappa shape index (κ2) is 8.61. The van der Waals surface area contributed by atoms with Gasteiger partial charge in [-0.05, 0) is 24.6 Å². The molecule has 1 heterocycles. The lowest BCUT2D eigenvalue weighted by molar-refractivity contribution is -0.145. The lowest BCUT2D eigenvalue weighted by Gasteiger charge is -2.25. The number of hydrogen-bond acceptors (Lipinski definition) is 5. The minimum absolute atomic E-state index is 0.0836. The number of carboxylic acids is 1. The number of carbonyl (C=O) groups is 4. The van der Waals surface area contributed by atoms with Gasteiger partial charge in [0.1, 0.15) is 12.1 Å². The summed E-state index contributed by atoms with van der Waals surface area (Å²) in [6, 6.07) is 1.03. The van der Waals surface area contributed by atoms with Crippen molar-refractivity contribution in [3.05, 3.63) is 30.1 Å². The van der Waals surface area contributed by atoms with E-state index in [4.69, 9.17) is 10.8 Å². The molecule has 0 bridgehead atoms. The molecule has 3 amide bonds. The van der Waals surface area contributed by atoms with Gasteiger partial charge in [0.05, 0.1) is 12.8 Å². The standard InChI is InChI=1S/C15H20N4O5/c1-9(14(22)18-11(15(23)24)8-12(16)20)19(2)13(21)7-10-3-5-17-6-4-10/h3-6,9,11H,7-8H2,1-2H3,(H2,16,20)(H,18,22)(H,23,24)/t9-,11-/m0/s1. The van der Waals surface area contributed by atoms with Crippen LogP contribution in [0.3, 0.4) is 0 Å². The Bertz CT molecular complexity index is 620. The zero-order valence-corrected chi connectivity index (χ0v) is 13.4. The summed E-state index contributed by atoms with van der Waals surface area (Å²) in [7, 11) is 1.44. The first-order chi connectivity index (χ1) is 11.2. The Labute approximate surface area is 138 Å². The fourth-order valence-electron chi connectivity index (χ4n) is 1.89. The van der Waals surface area contributed by atoms with Crippen LogP contribution >= 0.6 is 0 Å². The number of pyridine rings is 1. The summed E-state index contributed by atoms with van der Waals surface area (Å²) in [6.45, 7) is 1.46. The molecule has 9 nitrogen and oxygen atoms in total. The van der Waals surface area contributed by atoms with Gasteiger partial charge in [0.25, 0.3) is 0 Å². The molecule has 0 radical (unpaired) electrons. The van der Waals surface area contributed by atoms with Crippen molar-refractivity contribution in [1.82, 2.24) is 15.2 Å². The third-order valence-electron chi connectivity index (χ3n) is 3.48. The van der Waals surface area contributed by atoms with Gasteiger partial charge in [-0.25, -0.2) is 4.79 Å². The zero-order chi connectivity index (χ0) is 18.3. The molecule has 0 saturated carbocycles. The van der Waals surface area contributed by atoms with Crippen LogP contribution in [0, 0.1) is 0 Å². The third kappa shape index (κ3) is 5.67. The van der Waals surface area contributed by atoms with E-state index in [1.165, 1.54) is 18.9 Å². The largest absolute Gasteiger partial charge is 0.480 e. The molecule has 0 fully saturated rings. The van der Waals surface area contributed by atoms with Gasteiger partial charge in [-0.3, -0.25) is 19.4 Å². The van der Waals surface area contributed by atoms with Crippen molar-refractivity contribution in [2.75, 3.05) is 7.05 Å². The van der Waals surface area contributed by atoms with E-state index in [2.05, 4.69) is 10.3 Å². The van der Waals surface area contributed by atoms with Crippen LogP contribution in [0.1, 0.15) is 18.9 Å². The van der Waals surface area contributed by atoms with Gasteiger partial charge in [-0.15, -0.1) is 0 Å². The predicted molar refractivity (Wildman–Crippen MR) is 83.6 cm³/mol. The molecule has 0 saturated heterocycles. The number of primary amides is 1. The summed E-state index contributed by atoms with van der Waals surface area (Å²) in [4.78, 5) is 51.2. The fraction of sp³-hybridized carbons (Fsp3) is 0.400. The Balaban J connectivity index is 2.67. The Morgan fingerprint density at radius 1 is 1.29 bits per heavy atom. The molecule has 0 aromatic carbocycles. The molecular formula is C15H20N4O5. The van der Waals surface area contributed by atoms with Gasteiger partial charge >= 0.3 is 5.97 Å². The van der Waals surface area contributed by atoms with E-state index in [-0.39, 0.29) is 12.3 Å². The van der Waals surface area contributed by atoms with E-state index in [0.717, 1.165) is 5.56 Å². The molecule has 0 aliphatic rings. The average Bonchev–Trinajstić information content (AvgIpc) is 2.53. The minimum atomic E-state index is -1.43. The second-order valence-corrected chi connectivity index (χ2v) is 5.28. The van der Waals surface area contributed by atoms with Gasteiger partial charge in [0, 0.05) is 19.4 Å². The highest BCUT2D eigenvalue weighted by atomic mass is 16.4. The Kier molecular flexibility index (Phi) is 6.84. The maximum atomic E-state index is 12.2. The van der Waals surface area contributed by atoms with Crippen LogP contribution in [0.4, 0.5) is 0 Å². The van der Waals surface area contributed by atoms with Gasteiger partial charge in [-0.1, -0.05) is 0 Å². The van der Waals surface area contributed by atoms with Crippen molar-refractivity contribution in [3.8, 4) is 0 Å². The SMILES string of the molecule is C[C@@H](C(=O)N[C@@H](CC(N)=O)C(=O)O)N(C)C(=O)Cc1ccncc1. The van der Waals surface area contributed by atoms with E-state index in [1.807, 2.05) is 0 Å². The number of aliphatic carboxylic acids is 1. The smallest absolute Gasteiger partial charge is 0.326 e. The monoisotopic (exact) mass is 336 g/mol. The van der Waals surface area contributed by atoms with Crippen LogP contribution in [0.25, 0.3) is 0 Å². The molecule has 24 heavy (non-hydrogen) atoms. The van der Waals surface area contributed by atoms with Crippen molar-refractivity contribution in [2.45, 2.75) is 31.8 Å². The van der Waals surface area contributed by atoms with E-state index in [9.17, 15) is 19.2 Å². The lowest BCUT2D eigenvalue weighted by atomic mass is 10.1. The molecule has 1 aromatic rings. The highest BCUT2D eigenvalue weighted by Gasteiger charge is 2.28. The number of amides is 3. The Hall–Kier alpha value is -2.97. The lowest BCUT2D eigenvalue weighted by Crippen LogP contribution is -2.52. The Morgan fingerprint density at radius 3 is 2.38 bits per heavy atom. The quantitative estimate of drug-likeness (QED) is 0.551. The van der Waals surface area contributed by atoms with Crippen molar-refractivity contribution in [2.24, 2.45) is 5.73 Å². The van der Waals surface area contributed by atoms with Gasteiger partial charge < -0.3 is 21.1 Å². The van der Waals surface area contributed by atoms with Crippen LogP contribution in [0.2, 0.25) is 0 Å². The molecule has 1 rings (SSSR count). The number of nitrogens with one attached hydrogen (secondary N) is 1. The highest BCUT2D eigenvalue weighted by molar-refractivity contribution is 5.92. The molecule has 0 aliphatic carbocycles. The summed E-state index contributed by atoms with van der Waals surface area (Å²) in [5.74, 6) is -3.22. The molecule has 2 atom stereocenters. The third-order valence-corrected chi connectivity index (χ3v) is 3.48. The first-order valence-corrected chi connectivity index (χ1v) is 7.18. The second-order valence-electron chi connectivity index (χ2n) is 5.28. The molecule has 130 valence electrons. The minimum Gasteiger partial charge on any atom is -0.480 e. The first kappa shape index (κ1) is 19.1. The number of aromatic nitrogens is 1. The number of likely N-dealkylation sites (N-methyl/N-ethyl adjacent to an activating group) is 1. The van der Waals surface area contributed by atoms with Crippen molar-refractivity contribution in [3.63, 3.8) is 0 Å².